The second kappa shape index (κ2) is 4.46. The first-order valence-corrected chi connectivity index (χ1v) is 6.07. The summed E-state index contributed by atoms with van der Waals surface area (Å²) in [5, 5.41) is 4.64. The number of nitrogen functional groups attached to an aromatic ring is 1. The Labute approximate surface area is 108 Å². The molecule has 0 bridgehead atoms. The molecule has 2 aromatic rings. The van der Waals surface area contributed by atoms with E-state index in [0.29, 0.717) is 6.54 Å². The maximum Gasteiger partial charge on any atom is 0.0685 e. The first-order chi connectivity index (χ1) is 8.41. The Kier molecular flexibility index (Phi) is 3.13. The second-order valence-electron chi connectivity index (χ2n) is 5.48. The van der Waals surface area contributed by atoms with Gasteiger partial charge in [0, 0.05) is 17.6 Å². The molecule has 0 saturated carbocycles. The van der Waals surface area contributed by atoms with Crippen molar-refractivity contribution in [2.24, 2.45) is 5.73 Å². The number of hydrogen-bond acceptors (Lipinski definition) is 3. The van der Waals surface area contributed by atoms with Crippen LogP contribution in [0.4, 0.5) is 5.69 Å². The molecule has 18 heavy (non-hydrogen) atoms. The van der Waals surface area contributed by atoms with Gasteiger partial charge in [-0.25, -0.2) is 4.68 Å². The van der Waals surface area contributed by atoms with Crippen LogP contribution in [0, 0.1) is 0 Å². The van der Waals surface area contributed by atoms with Gasteiger partial charge in [-0.05, 0) is 24.3 Å². The molecule has 4 N–H and O–H groups in total. The van der Waals surface area contributed by atoms with Crippen molar-refractivity contribution >= 4 is 5.69 Å². The van der Waals surface area contributed by atoms with Gasteiger partial charge in [0.05, 0.1) is 17.1 Å². The van der Waals surface area contributed by atoms with Gasteiger partial charge in [-0.15, -0.1) is 0 Å². The van der Waals surface area contributed by atoms with E-state index >= 15 is 0 Å². The van der Waals surface area contributed by atoms with Gasteiger partial charge in [-0.1, -0.05) is 26.8 Å². The average molecular weight is 244 g/mol. The van der Waals surface area contributed by atoms with Crippen LogP contribution in [0.15, 0.2) is 30.3 Å². The van der Waals surface area contributed by atoms with E-state index in [0.717, 1.165) is 22.8 Å². The van der Waals surface area contributed by atoms with Gasteiger partial charge in [0.1, 0.15) is 0 Å². The lowest BCUT2D eigenvalue weighted by Gasteiger charge is -2.14. The molecule has 0 unspecified atom stereocenters. The lowest BCUT2D eigenvalue weighted by atomic mass is 9.92. The summed E-state index contributed by atoms with van der Waals surface area (Å²) in [6.45, 7) is 6.87. The van der Waals surface area contributed by atoms with E-state index in [-0.39, 0.29) is 5.41 Å². The number of hydrogen-bond donors (Lipinski definition) is 2. The average Bonchev–Trinajstić information content (AvgIpc) is 2.72. The molecule has 0 atom stereocenters. The molecular weight excluding hydrogens is 224 g/mol. The van der Waals surface area contributed by atoms with Gasteiger partial charge in [-0.3, -0.25) is 0 Å². The summed E-state index contributed by atoms with van der Waals surface area (Å²) >= 11 is 0. The van der Waals surface area contributed by atoms with E-state index in [1.54, 1.807) is 0 Å². The summed E-state index contributed by atoms with van der Waals surface area (Å²) in [6.07, 6.45) is 0. The Balaban J connectivity index is 2.54. The maximum absolute atomic E-state index is 5.81. The Morgan fingerprint density at radius 3 is 2.50 bits per heavy atom. The fourth-order valence-corrected chi connectivity index (χ4v) is 1.81. The van der Waals surface area contributed by atoms with Crippen molar-refractivity contribution in [3.05, 3.63) is 41.7 Å². The van der Waals surface area contributed by atoms with Crippen LogP contribution in [0.2, 0.25) is 0 Å². The zero-order valence-corrected chi connectivity index (χ0v) is 11.1. The summed E-state index contributed by atoms with van der Waals surface area (Å²) in [5.41, 5.74) is 15.3. The van der Waals surface area contributed by atoms with Crippen LogP contribution in [0.3, 0.4) is 0 Å². The quantitative estimate of drug-likeness (QED) is 0.796. The zero-order chi connectivity index (χ0) is 13.3. The van der Waals surface area contributed by atoms with Crippen molar-refractivity contribution in [3.63, 3.8) is 0 Å². The van der Waals surface area contributed by atoms with E-state index in [1.807, 2.05) is 28.9 Å². The third-order valence-corrected chi connectivity index (χ3v) is 2.88. The number of anilines is 1. The summed E-state index contributed by atoms with van der Waals surface area (Å²) in [4.78, 5) is 0. The molecule has 0 fully saturated rings. The van der Waals surface area contributed by atoms with Crippen LogP contribution < -0.4 is 11.5 Å². The molecule has 4 nitrogen and oxygen atoms in total. The summed E-state index contributed by atoms with van der Waals surface area (Å²) in [6, 6.07) is 9.72. The topological polar surface area (TPSA) is 69.9 Å². The standard InChI is InChI=1S/C14H20N4/c1-14(2,3)13-8-12(9-15)18(17-13)11-6-4-5-10(16)7-11/h4-8H,9,15-16H2,1-3H3. The number of nitrogens with zero attached hydrogens (tertiary/aromatic N) is 2. The summed E-state index contributed by atoms with van der Waals surface area (Å²) in [5.74, 6) is 0. The minimum absolute atomic E-state index is 0.00942. The minimum atomic E-state index is 0.00942. The van der Waals surface area contributed by atoms with Crippen molar-refractivity contribution in [1.82, 2.24) is 9.78 Å². The summed E-state index contributed by atoms with van der Waals surface area (Å²) < 4.78 is 1.87. The highest BCUT2D eigenvalue weighted by atomic mass is 15.3. The number of rotatable bonds is 2. The highest BCUT2D eigenvalue weighted by Crippen LogP contribution is 2.24. The van der Waals surface area contributed by atoms with E-state index in [4.69, 9.17) is 11.5 Å². The molecule has 2 rings (SSSR count). The smallest absolute Gasteiger partial charge is 0.0685 e. The van der Waals surface area contributed by atoms with Gasteiger partial charge >= 0.3 is 0 Å². The van der Waals surface area contributed by atoms with Crippen LogP contribution in [0.5, 0.6) is 0 Å². The molecule has 0 aliphatic carbocycles. The Bertz CT molecular complexity index is 549. The molecule has 1 aromatic heterocycles. The third kappa shape index (κ3) is 2.38. The van der Waals surface area contributed by atoms with Gasteiger partial charge in [0.2, 0.25) is 0 Å². The van der Waals surface area contributed by atoms with Crippen LogP contribution in [-0.2, 0) is 12.0 Å². The fourth-order valence-electron chi connectivity index (χ4n) is 1.81. The lowest BCUT2D eigenvalue weighted by molar-refractivity contribution is 0.560. The molecule has 0 aliphatic rings. The Hall–Kier alpha value is -1.81. The van der Waals surface area contributed by atoms with Crippen molar-refractivity contribution in [2.75, 3.05) is 5.73 Å². The van der Waals surface area contributed by atoms with Gasteiger partial charge in [-0.2, -0.15) is 5.10 Å². The molecule has 0 amide bonds. The van der Waals surface area contributed by atoms with E-state index in [1.165, 1.54) is 0 Å². The van der Waals surface area contributed by atoms with Crippen molar-refractivity contribution in [3.8, 4) is 5.69 Å². The molecule has 1 heterocycles. The fraction of sp³-hybridized carbons (Fsp3) is 0.357. The first-order valence-electron chi connectivity index (χ1n) is 6.07. The Morgan fingerprint density at radius 2 is 1.94 bits per heavy atom. The van der Waals surface area contributed by atoms with E-state index < -0.39 is 0 Å². The second-order valence-corrected chi connectivity index (χ2v) is 5.48. The van der Waals surface area contributed by atoms with Gasteiger partial charge in [0.25, 0.3) is 0 Å². The number of nitrogens with two attached hydrogens (primary N) is 2. The molecule has 0 saturated heterocycles. The Morgan fingerprint density at radius 1 is 1.22 bits per heavy atom. The molecule has 0 aliphatic heterocycles. The van der Waals surface area contributed by atoms with Crippen molar-refractivity contribution in [1.29, 1.82) is 0 Å². The predicted molar refractivity (Wildman–Crippen MR) is 74.6 cm³/mol. The van der Waals surface area contributed by atoms with Gasteiger partial charge < -0.3 is 11.5 Å². The van der Waals surface area contributed by atoms with Crippen LogP contribution in [0.1, 0.15) is 32.2 Å². The van der Waals surface area contributed by atoms with Crippen LogP contribution in [-0.4, -0.2) is 9.78 Å². The molecular formula is C14H20N4. The highest BCUT2D eigenvalue weighted by molar-refractivity contribution is 5.48. The monoisotopic (exact) mass is 244 g/mol. The highest BCUT2D eigenvalue weighted by Gasteiger charge is 2.19. The third-order valence-electron chi connectivity index (χ3n) is 2.88. The van der Waals surface area contributed by atoms with Crippen LogP contribution >= 0.6 is 0 Å². The summed E-state index contributed by atoms with van der Waals surface area (Å²) in [7, 11) is 0. The molecule has 0 radical (unpaired) electrons. The predicted octanol–water partition coefficient (Wildman–Crippen LogP) is 2.21. The first kappa shape index (κ1) is 12.6. The number of benzene rings is 1. The molecule has 96 valence electrons. The SMILES string of the molecule is CC(C)(C)c1cc(CN)n(-c2cccc(N)c2)n1. The van der Waals surface area contributed by atoms with E-state index in [2.05, 4.69) is 31.9 Å². The minimum Gasteiger partial charge on any atom is -0.399 e. The van der Waals surface area contributed by atoms with Crippen LogP contribution in [0.25, 0.3) is 5.69 Å². The van der Waals surface area contributed by atoms with Crippen molar-refractivity contribution in [2.45, 2.75) is 32.7 Å². The molecule has 4 heteroatoms. The molecule has 1 aromatic carbocycles. The number of aromatic nitrogens is 2. The molecule has 0 spiro atoms. The normalized spacial score (nSPS) is 11.8. The largest absolute Gasteiger partial charge is 0.399 e. The zero-order valence-electron chi connectivity index (χ0n) is 11.1. The maximum atomic E-state index is 5.81. The van der Waals surface area contributed by atoms with Crippen molar-refractivity contribution < 1.29 is 0 Å². The lowest BCUT2D eigenvalue weighted by Crippen LogP contribution is -2.12. The van der Waals surface area contributed by atoms with Gasteiger partial charge in [0.15, 0.2) is 0 Å². The van der Waals surface area contributed by atoms with E-state index in [9.17, 15) is 0 Å².